The summed E-state index contributed by atoms with van der Waals surface area (Å²) in [6.07, 6.45) is 9.94. The van der Waals surface area contributed by atoms with Crippen molar-refractivity contribution in [2.45, 2.75) is 67.2 Å². The molecule has 0 saturated carbocycles. The van der Waals surface area contributed by atoms with Crippen molar-refractivity contribution >= 4 is 0 Å². The van der Waals surface area contributed by atoms with Gasteiger partial charge in [-0.15, -0.1) is 0 Å². The molecular formula is C19H35N. The van der Waals surface area contributed by atoms with Gasteiger partial charge in [0.25, 0.3) is 0 Å². The summed E-state index contributed by atoms with van der Waals surface area (Å²) in [7, 11) is 2.23. The minimum atomic E-state index is 0.277. The van der Waals surface area contributed by atoms with E-state index in [0.717, 1.165) is 11.8 Å². The number of nitrogens with zero attached hydrogens (tertiary/aromatic N) is 1. The molecule has 1 unspecified atom stereocenters. The van der Waals surface area contributed by atoms with Crippen LogP contribution in [-0.2, 0) is 0 Å². The summed E-state index contributed by atoms with van der Waals surface area (Å²) < 4.78 is 0. The van der Waals surface area contributed by atoms with Crippen molar-refractivity contribution in [3.05, 3.63) is 23.4 Å². The maximum absolute atomic E-state index is 2.43. The van der Waals surface area contributed by atoms with Crippen LogP contribution in [0.1, 0.15) is 67.2 Å². The van der Waals surface area contributed by atoms with Gasteiger partial charge >= 0.3 is 0 Å². The van der Waals surface area contributed by atoms with E-state index in [2.05, 4.69) is 65.6 Å². The zero-order valence-corrected chi connectivity index (χ0v) is 14.8. The molecule has 20 heavy (non-hydrogen) atoms. The van der Waals surface area contributed by atoms with Crippen LogP contribution in [-0.4, -0.2) is 18.5 Å². The van der Waals surface area contributed by atoms with Gasteiger partial charge in [0.15, 0.2) is 0 Å². The molecule has 1 aliphatic heterocycles. The van der Waals surface area contributed by atoms with E-state index < -0.39 is 0 Å². The lowest BCUT2D eigenvalue weighted by atomic mass is 9.72. The summed E-state index contributed by atoms with van der Waals surface area (Å²) in [5, 5.41) is 0. The molecule has 0 N–H and O–H groups in total. The van der Waals surface area contributed by atoms with E-state index in [4.69, 9.17) is 0 Å². The summed E-state index contributed by atoms with van der Waals surface area (Å²) in [6, 6.07) is 0. The van der Waals surface area contributed by atoms with Gasteiger partial charge in [0.2, 0.25) is 0 Å². The molecule has 0 saturated heterocycles. The standard InChI is InChI=1S/C19H35N/c1-8-10-15(2)11-9-12-18-17(4)20(7)14-13-16(3)19(18,5)6/h9,12,15-16H,8,10-11,13-14H2,1-7H3/b12-9-/t15?,16-/m1/s1. The normalized spacial score (nSPS) is 25.1. The summed E-state index contributed by atoms with van der Waals surface area (Å²) in [6.45, 7) is 15.3. The quantitative estimate of drug-likeness (QED) is 0.628. The fraction of sp³-hybridized carbons (Fsp3) is 0.789. The largest absolute Gasteiger partial charge is 0.378 e. The van der Waals surface area contributed by atoms with E-state index >= 15 is 0 Å². The molecule has 0 aromatic heterocycles. The van der Waals surface area contributed by atoms with Crippen molar-refractivity contribution in [3.8, 4) is 0 Å². The first-order valence-electron chi connectivity index (χ1n) is 8.39. The Bertz CT molecular complexity index is 362. The molecule has 116 valence electrons. The van der Waals surface area contributed by atoms with Crippen molar-refractivity contribution in [2.24, 2.45) is 17.3 Å². The molecule has 0 aliphatic carbocycles. The average Bonchev–Trinajstić information content (AvgIpc) is 2.45. The summed E-state index contributed by atoms with van der Waals surface area (Å²) in [4.78, 5) is 2.43. The smallest absolute Gasteiger partial charge is 0.0174 e. The van der Waals surface area contributed by atoms with Crippen molar-refractivity contribution < 1.29 is 0 Å². The predicted molar refractivity (Wildman–Crippen MR) is 90.7 cm³/mol. The van der Waals surface area contributed by atoms with Crippen LogP contribution in [0.25, 0.3) is 0 Å². The number of hydrogen-bond donors (Lipinski definition) is 0. The predicted octanol–water partition coefficient (Wildman–Crippen LogP) is 5.64. The molecule has 1 nitrogen and oxygen atoms in total. The molecule has 0 radical (unpaired) electrons. The van der Waals surface area contributed by atoms with Crippen molar-refractivity contribution in [3.63, 3.8) is 0 Å². The fourth-order valence-electron chi connectivity index (χ4n) is 3.22. The lowest BCUT2D eigenvalue weighted by molar-refractivity contribution is 0.274. The molecule has 0 aromatic carbocycles. The number of hydrogen-bond acceptors (Lipinski definition) is 1. The van der Waals surface area contributed by atoms with Crippen LogP contribution in [0.5, 0.6) is 0 Å². The van der Waals surface area contributed by atoms with Gasteiger partial charge in [-0.05, 0) is 42.6 Å². The van der Waals surface area contributed by atoms with Crippen molar-refractivity contribution in [1.29, 1.82) is 0 Å². The summed E-state index contributed by atoms with van der Waals surface area (Å²) in [5.74, 6) is 1.54. The zero-order chi connectivity index (χ0) is 15.3. The summed E-state index contributed by atoms with van der Waals surface area (Å²) >= 11 is 0. The highest BCUT2D eigenvalue weighted by Crippen LogP contribution is 2.42. The van der Waals surface area contributed by atoms with E-state index in [1.165, 1.54) is 43.5 Å². The molecule has 0 amide bonds. The molecule has 1 heterocycles. The molecule has 0 aromatic rings. The van der Waals surface area contributed by atoms with Crippen LogP contribution in [0.3, 0.4) is 0 Å². The molecule has 0 spiro atoms. The third-order valence-corrected chi connectivity index (χ3v) is 5.39. The average molecular weight is 277 g/mol. The highest BCUT2D eigenvalue weighted by atomic mass is 15.1. The maximum Gasteiger partial charge on any atom is 0.0174 e. The van der Waals surface area contributed by atoms with Crippen LogP contribution in [0.4, 0.5) is 0 Å². The molecule has 1 rings (SSSR count). The van der Waals surface area contributed by atoms with E-state index in [1.807, 2.05) is 0 Å². The fourth-order valence-corrected chi connectivity index (χ4v) is 3.22. The van der Waals surface area contributed by atoms with Crippen LogP contribution in [0, 0.1) is 17.3 Å². The lowest BCUT2D eigenvalue weighted by Gasteiger charge is -2.32. The second-order valence-corrected chi connectivity index (χ2v) is 7.36. The maximum atomic E-state index is 2.43. The Kier molecular flexibility index (Phi) is 6.36. The van der Waals surface area contributed by atoms with Crippen LogP contribution in [0.2, 0.25) is 0 Å². The minimum Gasteiger partial charge on any atom is -0.378 e. The second kappa shape index (κ2) is 7.33. The van der Waals surface area contributed by atoms with E-state index in [9.17, 15) is 0 Å². The second-order valence-electron chi connectivity index (χ2n) is 7.36. The minimum absolute atomic E-state index is 0.277. The molecule has 0 bridgehead atoms. The Balaban J connectivity index is 2.91. The number of allylic oxidation sites excluding steroid dienone is 4. The van der Waals surface area contributed by atoms with Crippen LogP contribution < -0.4 is 0 Å². The third kappa shape index (κ3) is 4.14. The Hall–Kier alpha value is -0.720. The molecular weight excluding hydrogens is 242 g/mol. The van der Waals surface area contributed by atoms with Crippen LogP contribution >= 0.6 is 0 Å². The lowest BCUT2D eigenvalue weighted by Crippen LogP contribution is -2.23. The van der Waals surface area contributed by atoms with E-state index in [-0.39, 0.29) is 5.41 Å². The molecule has 1 aliphatic rings. The first-order chi connectivity index (χ1) is 9.30. The Labute approximate surface area is 127 Å². The van der Waals surface area contributed by atoms with E-state index in [0.29, 0.717) is 0 Å². The van der Waals surface area contributed by atoms with Crippen molar-refractivity contribution in [1.82, 2.24) is 4.90 Å². The highest BCUT2D eigenvalue weighted by Gasteiger charge is 2.33. The SMILES string of the molecule is CCCC(C)C/C=C\C1=C(C)N(C)CC[C@@H](C)C1(C)C. The summed E-state index contributed by atoms with van der Waals surface area (Å²) in [5.41, 5.74) is 3.27. The van der Waals surface area contributed by atoms with Gasteiger partial charge in [-0.3, -0.25) is 0 Å². The van der Waals surface area contributed by atoms with Gasteiger partial charge in [-0.25, -0.2) is 0 Å². The first-order valence-corrected chi connectivity index (χ1v) is 8.39. The Morgan fingerprint density at radius 2 is 2.05 bits per heavy atom. The van der Waals surface area contributed by atoms with Gasteiger partial charge in [0, 0.05) is 19.3 Å². The van der Waals surface area contributed by atoms with Gasteiger partial charge in [0.1, 0.15) is 0 Å². The van der Waals surface area contributed by atoms with Gasteiger partial charge in [-0.1, -0.05) is 59.6 Å². The van der Waals surface area contributed by atoms with Crippen molar-refractivity contribution in [2.75, 3.05) is 13.6 Å². The van der Waals surface area contributed by atoms with E-state index in [1.54, 1.807) is 0 Å². The van der Waals surface area contributed by atoms with Gasteiger partial charge in [-0.2, -0.15) is 0 Å². The zero-order valence-electron chi connectivity index (χ0n) is 14.8. The highest BCUT2D eigenvalue weighted by molar-refractivity contribution is 5.31. The first kappa shape index (κ1) is 17.3. The monoisotopic (exact) mass is 277 g/mol. The Morgan fingerprint density at radius 3 is 2.65 bits per heavy atom. The Morgan fingerprint density at radius 1 is 1.40 bits per heavy atom. The molecule has 2 atom stereocenters. The third-order valence-electron chi connectivity index (χ3n) is 5.39. The topological polar surface area (TPSA) is 3.24 Å². The van der Waals surface area contributed by atoms with Crippen LogP contribution in [0.15, 0.2) is 23.4 Å². The van der Waals surface area contributed by atoms with Gasteiger partial charge < -0.3 is 4.90 Å². The van der Waals surface area contributed by atoms with Gasteiger partial charge in [0.05, 0.1) is 0 Å². The molecule has 0 fully saturated rings. The molecule has 1 heteroatoms. The number of rotatable bonds is 5.